The summed E-state index contributed by atoms with van der Waals surface area (Å²) in [5, 5.41) is 21.0. The highest BCUT2D eigenvalue weighted by Crippen LogP contribution is 2.30. The van der Waals surface area contributed by atoms with Gasteiger partial charge in [-0.1, -0.05) is 26.0 Å². The van der Waals surface area contributed by atoms with Crippen LogP contribution < -0.4 is 0 Å². The van der Waals surface area contributed by atoms with Gasteiger partial charge in [-0.3, -0.25) is 15.1 Å². The third-order valence-electron chi connectivity index (χ3n) is 5.30. The Labute approximate surface area is 178 Å². The Morgan fingerprint density at radius 2 is 1.97 bits per heavy atom. The molecule has 1 aromatic heterocycles. The monoisotopic (exact) mass is 415 g/mol. The van der Waals surface area contributed by atoms with Crippen molar-refractivity contribution in [1.82, 2.24) is 4.98 Å². The number of aliphatic imine (C=N–C) groups is 1. The molecule has 0 aliphatic heterocycles. The van der Waals surface area contributed by atoms with E-state index in [4.69, 9.17) is 4.42 Å². The molecule has 0 saturated heterocycles. The summed E-state index contributed by atoms with van der Waals surface area (Å²) in [6.07, 6.45) is 2.46. The molecule has 0 aliphatic carbocycles. The number of rotatable bonds is 6. The molecule has 3 aromatic carbocycles. The van der Waals surface area contributed by atoms with Gasteiger partial charge in [-0.25, -0.2) is 4.98 Å². The lowest BCUT2D eigenvalue weighted by Crippen LogP contribution is -1.91. The number of oxazole rings is 1. The van der Waals surface area contributed by atoms with Gasteiger partial charge in [0.1, 0.15) is 5.52 Å². The maximum absolute atomic E-state index is 10.9. The Kier molecular flexibility index (Phi) is 5.49. The van der Waals surface area contributed by atoms with Gasteiger partial charge in [-0.15, -0.1) is 0 Å². The van der Waals surface area contributed by atoms with Crippen molar-refractivity contribution in [3.8, 4) is 17.2 Å². The van der Waals surface area contributed by atoms with E-state index in [9.17, 15) is 15.2 Å². The van der Waals surface area contributed by atoms with Crippen LogP contribution in [-0.4, -0.2) is 21.2 Å². The van der Waals surface area contributed by atoms with E-state index in [-0.39, 0.29) is 11.3 Å². The van der Waals surface area contributed by atoms with Crippen molar-refractivity contribution >= 4 is 28.7 Å². The summed E-state index contributed by atoms with van der Waals surface area (Å²) in [7, 11) is 0. The van der Waals surface area contributed by atoms with Crippen molar-refractivity contribution in [2.45, 2.75) is 26.2 Å². The Morgan fingerprint density at radius 1 is 1.19 bits per heavy atom. The van der Waals surface area contributed by atoms with Crippen molar-refractivity contribution < 1.29 is 14.4 Å². The molecule has 0 aliphatic rings. The minimum atomic E-state index is -0.631. The van der Waals surface area contributed by atoms with Gasteiger partial charge in [0, 0.05) is 23.4 Å². The van der Waals surface area contributed by atoms with E-state index in [1.807, 2.05) is 18.2 Å². The van der Waals surface area contributed by atoms with Crippen molar-refractivity contribution in [2.75, 3.05) is 0 Å². The number of hydrogen-bond donors (Lipinski definition) is 1. The van der Waals surface area contributed by atoms with Gasteiger partial charge in [-0.05, 0) is 60.4 Å². The zero-order valence-corrected chi connectivity index (χ0v) is 17.1. The first-order valence-electron chi connectivity index (χ1n) is 9.97. The minimum absolute atomic E-state index is 0.273. The van der Waals surface area contributed by atoms with Crippen LogP contribution in [-0.2, 0) is 0 Å². The topological polar surface area (TPSA) is 102 Å². The number of phenolic OH excluding ortho intramolecular Hbond substituents is 1. The van der Waals surface area contributed by atoms with Gasteiger partial charge in [0.25, 0.3) is 0 Å². The smallest absolute Gasteiger partial charge is 0.311 e. The highest BCUT2D eigenvalue weighted by Gasteiger charge is 2.15. The maximum Gasteiger partial charge on any atom is 0.311 e. The quantitative estimate of drug-likeness (QED) is 0.224. The average Bonchev–Trinajstić information content (AvgIpc) is 3.21. The lowest BCUT2D eigenvalue weighted by Gasteiger charge is -2.07. The summed E-state index contributed by atoms with van der Waals surface area (Å²) < 4.78 is 5.90. The van der Waals surface area contributed by atoms with Crippen LogP contribution in [0.1, 0.15) is 37.3 Å². The number of para-hydroxylation sites is 1. The molecule has 0 amide bonds. The van der Waals surface area contributed by atoms with Crippen LogP contribution >= 0.6 is 0 Å². The third-order valence-corrected chi connectivity index (χ3v) is 5.30. The highest BCUT2D eigenvalue weighted by atomic mass is 16.6. The molecule has 1 unspecified atom stereocenters. The summed E-state index contributed by atoms with van der Waals surface area (Å²) in [6.45, 7) is 4.35. The van der Waals surface area contributed by atoms with Crippen LogP contribution in [0.15, 0.2) is 70.1 Å². The average molecular weight is 415 g/mol. The Hall–Kier alpha value is -4.00. The van der Waals surface area contributed by atoms with Crippen LogP contribution in [0.5, 0.6) is 5.75 Å². The number of benzene rings is 3. The van der Waals surface area contributed by atoms with Gasteiger partial charge >= 0.3 is 5.69 Å². The van der Waals surface area contributed by atoms with Gasteiger partial charge in [0.2, 0.25) is 11.6 Å². The van der Waals surface area contributed by atoms with Crippen molar-refractivity contribution in [3.63, 3.8) is 0 Å². The fraction of sp³-hybridized carbons (Fsp3) is 0.167. The molecule has 4 aromatic rings. The third kappa shape index (κ3) is 4.16. The van der Waals surface area contributed by atoms with Gasteiger partial charge in [-0.2, -0.15) is 0 Å². The fourth-order valence-corrected chi connectivity index (χ4v) is 3.24. The van der Waals surface area contributed by atoms with E-state index in [1.54, 1.807) is 18.2 Å². The van der Waals surface area contributed by atoms with Crippen LogP contribution in [0.4, 0.5) is 11.4 Å². The van der Waals surface area contributed by atoms with E-state index in [0.29, 0.717) is 17.5 Å². The summed E-state index contributed by atoms with van der Waals surface area (Å²) in [5.41, 5.74) is 4.18. The van der Waals surface area contributed by atoms with Crippen molar-refractivity contribution in [2.24, 2.45) is 4.99 Å². The first-order chi connectivity index (χ1) is 15.0. The normalized spacial score (nSPS) is 12.5. The van der Waals surface area contributed by atoms with E-state index in [2.05, 4.69) is 36.0 Å². The molecule has 1 N–H and O–H groups in total. The SMILES string of the molecule is CCC(C)c1ccc2oc(-c3ccc(N=Cc4cccc([N+](=O)[O-])c4O)cc3)nc2c1. The summed E-state index contributed by atoms with van der Waals surface area (Å²) in [5.74, 6) is 0.589. The number of aromatic nitrogens is 1. The molecule has 0 radical (unpaired) electrons. The highest BCUT2D eigenvalue weighted by molar-refractivity contribution is 5.87. The predicted octanol–water partition coefficient (Wildman–Crippen LogP) is 6.37. The largest absolute Gasteiger partial charge is 0.502 e. The van der Waals surface area contributed by atoms with Crippen molar-refractivity contribution in [3.05, 3.63) is 81.9 Å². The van der Waals surface area contributed by atoms with E-state index < -0.39 is 10.7 Å². The number of fused-ring (bicyclic) bond motifs is 1. The second-order valence-electron chi connectivity index (χ2n) is 7.33. The Balaban J connectivity index is 1.57. The number of phenols is 1. The first-order valence-corrected chi connectivity index (χ1v) is 9.97. The number of aromatic hydroxyl groups is 1. The number of nitrogens with zero attached hydrogens (tertiary/aromatic N) is 3. The second-order valence-corrected chi connectivity index (χ2v) is 7.33. The predicted molar refractivity (Wildman–Crippen MR) is 120 cm³/mol. The summed E-state index contributed by atoms with van der Waals surface area (Å²) in [4.78, 5) is 19.2. The van der Waals surface area contributed by atoms with E-state index >= 15 is 0 Å². The Morgan fingerprint density at radius 3 is 2.68 bits per heavy atom. The lowest BCUT2D eigenvalue weighted by atomic mass is 9.98. The number of nitro benzene ring substituents is 1. The van der Waals surface area contributed by atoms with Gasteiger partial charge in [0.05, 0.1) is 10.6 Å². The standard InChI is InChI=1S/C24H21N3O4/c1-3-15(2)17-9-12-22-20(13-17)26-24(31-22)16-7-10-19(11-8-16)25-14-18-5-4-6-21(23(18)28)27(29)30/h4-15,28H,3H2,1-2H3. The zero-order valence-electron chi connectivity index (χ0n) is 17.1. The molecular weight excluding hydrogens is 394 g/mol. The van der Waals surface area contributed by atoms with Gasteiger partial charge < -0.3 is 9.52 Å². The molecule has 1 heterocycles. The fourth-order valence-electron chi connectivity index (χ4n) is 3.24. The molecule has 31 heavy (non-hydrogen) atoms. The maximum atomic E-state index is 10.9. The van der Waals surface area contributed by atoms with E-state index in [1.165, 1.54) is 23.9 Å². The number of hydrogen-bond acceptors (Lipinski definition) is 6. The molecule has 7 nitrogen and oxygen atoms in total. The Bertz CT molecular complexity index is 1280. The first kappa shape index (κ1) is 20.3. The minimum Gasteiger partial charge on any atom is -0.502 e. The summed E-state index contributed by atoms with van der Waals surface area (Å²) in [6, 6.07) is 17.7. The molecule has 0 bridgehead atoms. The van der Waals surface area contributed by atoms with Crippen LogP contribution in [0.25, 0.3) is 22.6 Å². The molecule has 4 rings (SSSR count). The van der Waals surface area contributed by atoms with Crippen LogP contribution in [0, 0.1) is 10.1 Å². The molecule has 156 valence electrons. The van der Waals surface area contributed by atoms with Crippen LogP contribution in [0.3, 0.4) is 0 Å². The van der Waals surface area contributed by atoms with Crippen molar-refractivity contribution in [1.29, 1.82) is 0 Å². The molecule has 7 heteroatoms. The second kappa shape index (κ2) is 8.39. The molecule has 0 saturated carbocycles. The molecule has 0 spiro atoms. The summed E-state index contributed by atoms with van der Waals surface area (Å²) >= 11 is 0. The molecular formula is C24H21N3O4. The van der Waals surface area contributed by atoms with Crippen LogP contribution in [0.2, 0.25) is 0 Å². The van der Waals surface area contributed by atoms with E-state index in [0.717, 1.165) is 23.1 Å². The van der Waals surface area contributed by atoms with Gasteiger partial charge in [0.15, 0.2) is 5.58 Å². The molecule has 0 fully saturated rings. The zero-order chi connectivity index (χ0) is 22.0. The molecule has 1 atom stereocenters. The lowest BCUT2D eigenvalue weighted by molar-refractivity contribution is -0.385. The number of nitro groups is 1.